The Bertz CT molecular complexity index is 1030. The number of aromatic nitrogens is 4. The minimum Gasteiger partial charge on any atom is -0.489 e. The third-order valence-corrected chi connectivity index (χ3v) is 4.65. The number of ether oxygens (including phenoxy) is 4. The van der Waals surface area contributed by atoms with Gasteiger partial charge >= 0.3 is 13.6 Å². The number of nitrogen functional groups attached to an aromatic ring is 1. The van der Waals surface area contributed by atoms with E-state index in [-0.39, 0.29) is 29.7 Å². The zero-order chi connectivity index (χ0) is 21.0. The molecule has 0 amide bonds. The highest BCUT2D eigenvalue weighted by Crippen LogP contribution is 2.43. The molecular formula is C15H18N5O8P. The molecule has 0 aliphatic carbocycles. The fourth-order valence-corrected chi connectivity index (χ4v) is 3.09. The molecule has 0 saturated heterocycles. The van der Waals surface area contributed by atoms with Gasteiger partial charge in [0.05, 0.1) is 27.2 Å². The monoisotopic (exact) mass is 427 g/mol. The van der Waals surface area contributed by atoms with E-state index in [0.29, 0.717) is 17.7 Å². The first-order valence-corrected chi connectivity index (χ1v) is 9.87. The van der Waals surface area contributed by atoms with Crippen LogP contribution in [0.15, 0.2) is 36.2 Å². The predicted octanol–water partition coefficient (Wildman–Crippen LogP) is 0.487. The summed E-state index contributed by atoms with van der Waals surface area (Å²) in [7, 11) is -1.63. The zero-order valence-corrected chi connectivity index (χ0v) is 16.4. The van der Waals surface area contributed by atoms with E-state index in [4.69, 9.17) is 29.2 Å². The van der Waals surface area contributed by atoms with Crippen LogP contribution in [-0.2, 0) is 39.4 Å². The minimum absolute atomic E-state index is 0.0494. The SMILES string of the molecule is COC1=C(OC)C(=COP(=O)(O)COCCn2cnc3c(N)ncnc32)OC1=O. The Hall–Kier alpha value is -3.15. The summed E-state index contributed by atoms with van der Waals surface area (Å²) in [5, 5.41) is 0. The zero-order valence-electron chi connectivity index (χ0n) is 15.5. The number of nitrogens with zero attached hydrogens (tertiary/aromatic N) is 4. The van der Waals surface area contributed by atoms with Crippen LogP contribution in [0.1, 0.15) is 0 Å². The van der Waals surface area contributed by atoms with E-state index >= 15 is 0 Å². The molecule has 14 heteroatoms. The number of hydrogen-bond donors (Lipinski definition) is 2. The van der Waals surface area contributed by atoms with Crippen LogP contribution in [0, 0.1) is 0 Å². The second kappa shape index (κ2) is 8.47. The molecule has 3 N–H and O–H groups in total. The normalized spacial score (nSPS) is 17.5. The molecule has 1 unspecified atom stereocenters. The Morgan fingerprint density at radius 2 is 2.03 bits per heavy atom. The van der Waals surface area contributed by atoms with Gasteiger partial charge in [-0.05, 0) is 0 Å². The maximum Gasteiger partial charge on any atom is 0.401 e. The maximum absolute atomic E-state index is 12.1. The van der Waals surface area contributed by atoms with Crippen LogP contribution in [0.25, 0.3) is 11.2 Å². The number of nitrogens with two attached hydrogens (primary N) is 1. The summed E-state index contributed by atoms with van der Waals surface area (Å²) in [5.41, 5.74) is 6.69. The van der Waals surface area contributed by atoms with Gasteiger partial charge in [-0.15, -0.1) is 0 Å². The molecule has 1 aliphatic heterocycles. The molecule has 0 bridgehead atoms. The summed E-state index contributed by atoms with van der Waals surface area (Å²) in [6.07, 6.45) is 3.03. The number of hydrogen-bond acceptors (Lipinski definition) is 11. The van der Waals surface area contributed by atoms with Gasteiger partial charge in [-0.3, -0.25) is 0 Å². The molecule has 1 aliphatic rings. The van der Waals surface area contributed by atoms with E-state index in [2.05, 4.69) is 15.0 Å². The molecule has 0 spiro atoms. The van der Waals surface area contributed by atoms with Crippen molar-refractivity contribution in [3.63, 3.8) is 0 Å². The Kier molecular flexibility index (Phi) is 6.01. The van der Waals surface area contributed by atoms with Crippen LogP contribution in [0.3, 0.4) is 0 Å². The average molecular weight is 427 g/mol. The van der Waals surface area contributed by atoms with Crippen LogP contribution >= 0.6 is 7.60 Å². The first kappa shape index (κ1) is 20.6. The van der Waals surface area contributed by atoms with E-state index < -0.39 is 19.9 Å². The van der Waals surface area contributed by atoms with Crippen molar-refractivity contribution in [2.75, 3.05) is 32.9 Å². The van der Waals surface area contributed by atoms with Gasteiger partial charge in [-0.25, -0.2) is 24.3 Å². The van der Waals surface area contributed by atoms with E-state index in [1.807, 2.05) is 0 Å². The summed E-state index contributed by atoms with van der Waals surface area (Å²) in [6.45, 7) is 0.380. The lowest BCUT2D eigenvalue weighted by Gasteiger charge is -2.12. The first-order valence-electron chi connectivity index (χ1n) is 8.10. The van der Waals surface area contributed by atoms with Crippen molar-refractivity contribution in [3.05, 3.63) is 36.2 Å². The van der Waals surface area contributed by atoms with Crippen molar-refractivity contribution in [2.45, 2.75) is 6.54 Å². The quantitative estimate of drug-likeness (QED) is 0.246. The molecule has 3 rings (SSSR count). The standard InChI is InChI=1S/C15H18N5O8P/c1-24-11-9(28-15(21)12(11)25-2)5-27-29(22,23)8-26-4-3-20-7-19-10-13(16)17-6-18-14(10)20/h5-7H,3-4,8H2,1-2H3,(H,22,23)(H2,16,17,18). The number of imidazole rings is 1. The minimum atomic E-state index is -4.17. The molecule has 29 heavy (non-hydrogen) atoms. The van der Waals surface area contributed by atoms with Gasteiger partial charge in [0.15, 0.2) is 17.8 Å². The number of carbonyl (C=O) groups excluding carboxylic acids is 1. The van der Waals surface area contributed by atoms with Crippen molar-refractivity contribution in [2.24, 2.45) is 0 Å². The summed E-state index contributed by atoms with van der Waals surface area (Å²) < 4.78 is 38.5. The van der Waals surface area contributed by atoms with Crippen LogP contribution in [0.2, 0.25) is 0 Å². The van der Waals surface area contributed by atoms with E-state index in [1.54, 1.807) is 4.57 Å². The lowest BCUT2D eigenvalue weighted by molar-refractivity contribution is -0.136. The number of fused-ring (bicyclic) bond motifs is 1. The number of esters is 1. The third-order valence-electron chi connectivity index (χ3n) is 3.71. The van der Waals surface area contributed by atoms with Crippen molar-refractivity contribution >= 4 is 30.5 Å². The summed E-state index contributed by atoms with van der Waals surface area (Å²) in [5.74, 6) is -0.967. The van der Waals surface area contributed by atoms with Crippen LogP contribution in [-0.4, -0.2) is 57.6 Å². The van der Waals surface area contributed by atoms with E-state index in [0.717, 1.165) is 6.26 Å². The highest BCUT2D eigenvalue weighted by molar-refractivity contribution is 7.52. The second-order valence-electron chi connectivity index (χ2n) is 5.59. The number of carbonyl (C=O) groups is 1. The molecule has 2 aromatic heterocycles. The highest BCUT2D eigenvalue weighted by atomic mass is 31.2. The highest BCUT2D eigenvalue weighted by Gasteiger charge is 2.34. The van der Waals surface area contributed by atoms with Gasteiger partial charge in [-0.2, -0.15) is 0 Å². The third kappa shape index (κ3) is 4.47. The first-order chi connectivity index (χ1) is 13.9. The van der Waals surface area contributed by atoms with Crippen molar-refractivity contribution < 1.29 is 37.7 Å². The van der Waals surface area contributed by atoms with Crippen molar-refractivity contribution in [1.82, 2.24) is 19.5 Å². The van der Waals surface area contributed by atoms with Gasteiger partial charge in [0, 0.05) is 6.54 Å². The molecule has 13 nitrogen and oxygen atoms in total. The molecule has 156 valence electrons. The van der Waals surface area contributed by atoms with Gasteiger partial charge in [0.1, 0.15) is 18.1 Å². The van der Waals surface area contributed by atoms with E-state index in [1.165, 1.54) is 26.9 Å². The Labute approximate surface area is 164 Å². The molecule has 0 saturated carbocycles. The summed E-state index contributed by atoms with van der Waals surface area (Å²) in [6, 6.07) is 0. The van der Waals surface area contributed by atoms with Gasteiger partial charge < -0.3 is 38.7 Å². The Morgan fingerprint density at radius 3 is 2.76 bits per heavy atom. The second-order valence-corrected chi connectivity index (χ2v) is 7.33. The lowest BCUT2D eigenvalue weighted by atomic mass is 10.4. The number of methoxy groups -OCH3 is 2. The van der Waals surface area contributed by atoms with Gasteiger partial charge in [0.2, 0.25) is 11.5 Å². The predicted molar refractivity (Wildman–Crippen MR) is 96.7 cm³/mol. The topological polar surface area (TPSA) is 170 Å². The van der Waals surface area contributed by atoms with Crippen molar-refractivity contribution in [1.29, 1.82) is 0 Å². The molecule has 2 aromatic rings. The molecular weight excluding hydrogens is 409 g/mol. The van der Waals surface area contributed by atoms with Crippen LogP contribution in [0.4, 0.5) is 5.82 Å². The molecule has 3 heterocycles. The molecule has 0 radical (unpaired) electrons. The maximum atomic E-state index is 12.1. The molecule has 0 fully saturated rings. The van der Waals surface area contributed by atoms with E-state index in [9.17, 15) is 14.3 Å². The largest absolute Gasteiger partial charge is 0.489 e. The lowest BCUT2D eigenvalue weighted by Crippen LogP contribution is -2.07. The number of rotatable bonds is 9. The van der Waals surface area contributed by atoms with Crippen molar-refractivity contribution in [3.8, 4) is 0 Å². The van der Waals surface area contributed by atoms with Gasteiger partial charge in [0.25, 0.3) is 5.76 Å². The molecule has 0 aromatic carbocycles. The van der Waals surface area contributed by atoms with Crippen LogP contribution < -0.4 is 5.73 Å². The van der Waals surface area contributed by atoms with Crippen LogP contribution in [0.5, 0.6) is 0 Å². The number of cyclic esters (lactones) is 1. The summed E-state index contributed by atoms with van der Waals surface area (Å²) >= 11 is 0. The smallest absolute Gasteiger partial charge is 0.401 e. The average Bonchev–Trinajstić information content (AvgIpc) is 3.24. The number of anilines is 1. The Morgan fingerprint density at radius 1 is 1.28 bits per heavy atom. The fraction of sp³-hybridized carbons (Fsp3) is 0.333. The Balaban J connectivity index is 1.54. The van der Waals surface area contributed by atoms with Gasteiger partial charge in [-0.1, -0.05) is 0 Å². The molecule has 1 atom stereocenters. The summed E-state index contributed by atoms with van der Waals surface area (Å²) in [4.78, 5) is 33.5. The fourth-order valence-electron chi connectivity index (χ4n) is 2.41.